The molecule has 0 spiro atoms. The summed E-state index contributed by atoms with van der Waals surface area (Å²) in [7, 11) is 0. The molecule has 5 heteroatoms. The molecular weight excluding hydrogens is 468 g/mol. The predicted molar refractivity (Wildman–Crippen MR) is 148 cm³/mol. The van der Waals surface area contributed by atoms with Crippen molar-refractivity contribution >= 4 is 23.7 Å². The van der Waals surface area contributed by atoms with Gasteiger partial charge < -0.3 is 10.2 Å². The number of carboxylic acids is 2. The molecule has 1 atom stereocenters. The lowest BCUT2D eigenvalue weighted by Gasteiger charge is -2.16. The SMILES string of the molecule is O=C(O)c1ccccc1CSC(Cc1ccccc1CCCCCCCCc1ccccc1)C(=O)O. The van der Waals surface area contributed by atoms with Crippen LogP contribution in [0, 0.1) is 0 Å². The highest BCUT2D eigenvalue weighted by atomic mass is 32.2. The smallest absolute Gasteiger partial charge is 0.335 e. The van der Waals surface area contributed by atoms with E-state index in [0.717, 1.165) is 24.8 Å². The summed E-state index contributed by atoms with van der Waals surface area (Å²) in [6.45, 7) is 0. The quantitative estimate of drug-likeness (QED) is 0.198. The van der Waals surface area contributed by atoms with Crippen molar-refractivity contribution < 1.29 is 19.8 Å². The van der Waals surface area contributed by atoms with E-state index in [2.05, 4.69) is 36.4 Å². The number of hydrogen-bond donors (Lipinski definition) is 2. The van der Waals surface area contributed by atoms with Crippen LogP contribution in [0.2, 0.25) is 0 Å². The molecule has 3 rings (SSSR count). The summed E-state index contributed by atoms with van der Waals surface area (Å²) in [6, 6.07) is 25.6. The second kappa shape index (κ2) is 15.1. The van der Waals surface area contributed by atoms with Crippen molar-refractivity contribution in [2.75, 3.05) is 0 Å². The number of aliphatic carboxylic acids is 1. The molecule has 0 aromatic heterocycles. The molecule has 3 aromatic rings. The third kappa shape index (κ3) is 9.19. The zero-order valence-electron chi connectivity index (χ0n) is 20.8. The average Bonchev–Trinajstić information content (AvgIpc) is 2.89. The Morgan fingerprint density at radius 1 is 0.639 bits per heavy atom. The summed E-state index contributed by atoms with van der Waals surface area (Å²) in [5.74, 6) is -1.50. The van der Waals surface area contributed by atoms with Gasteiger partial charge in [-0.2, -0.15) is 0 Å². The number of carbonyl (C=O) groups is 2. The van der Waals surface area contributed by atoms with E-state index < -0.39 is 17.2 Å². The fourth-order valence-electron chi connectivity index (χ4n) is 4.46. The minimum absolute atomic E-state index is 0.231. The maximum absolute atomic E-state index is 12.0. The first-order valence-electron chi connectivity index (χ1n) is 12.8. The molecular formula is C31H36O4S. The molecule has 1 unspecified atom stereocenters. The fraction of sp³-hybridized carbons (Fsp3) is 0.355. The zero-order chi connectivity index (χ0) is 25.6. The van der Waals surface area contributed by atoms with E-state index in [-0.39, 0.29) is 5.56 Å². The van der Waals surface area contributed by atoms with Gasteiger partial charge in [-0.3, -0.25) is 4.79 Å². The van der Waals surface area contributed by atoms with Crippen molar-refractivity contribution in [3.8, 4) is 0 Å². The van der Waals surface area contributed by atoms with Crippen LogP contribution in [0.1, 0.15) is 71.1 Å². The largest absolute Gasteiger partial charge is 0.480 e. The first kappa shape index (κ1) is 27.5. The van der Waals surface area contributed by atoms with Gasteiger partial charge in [-0.1, -0.05) is 98.5 Å². The lowest BCUT2D eigenvalue weighted by atomic mass is 9.97. The van der Waals surface area contributed by atoms with Crippen LogP contribution in [-0.4, -0.2) is 27.4 Å². The Balaban J connectivity index is 1.44. The maximum Gasteiger partial charge on any atom is 0.335 e. The van der Waals surface area contributed by atoms with Gasteiger partial charge in [-0.15, -0.1) is 11.8 Å². The monoisotopic (exact) mass is 504 g/mol. The molecule has 0 heterocycles. The molecule has 2 N–H and O–H groups in total. The molecule has 0 radical (unpaired) electrons. The Kier molecular flexibility index (Phi) is 11.6. The number of benzene rings is 3. The number of thioether (sulfide) groups is 1. The number of rotatable bonds is 16. The molecule has 3 aromatic carbocycles. The number of carboxylic acid groups (broad SMARTS) is 2. The molecule has 0 aliphatic rings. The summed E-state index contributed by atoms with van der Waals surface area (Å²) in [6.07, 6.45) is 9.81. The Morgan fingerprint density at radius 2 is 1.19 bits per heavy atom. The van der Waals surface area contributed by atoms with E-state index in [4.69, 9.17) is 0 Å². The Hall–Kier alpha value is -3.05. The topological polar surface area (TPSA) is 74.6 Å². The molecule has 0 bridgehead atoms. The fourth-order valence-corrected chi connectivity index (χ4v) is 5.53. The summed E-state index contributed by atoms with van der Waals surface area (Å²) < 4.78 is 0. The minimum Gasteiger partial charge on any atom is -0.480 e. The summed E-state index contributed by atoms with van der Waals surface area (Å²) >= 11 is 1.29. The normalized spacial score (nSPS) is 11.8. The van der Waals surface area contributed by atoms with Crippen molar-refractivity contribution in [2.45, 2.75) is 68.8 Å². The first-order valence-corrected chi connectivity index (χ1v) is 13.9. The zero-order valence-corrected chi connectivity index (χ0v) is 21.6. The number of hydrogen-bond acceptors (Lipinski definition) is 3. The molecule has 190 valence electrons. The maximum atomic E-state index is 12.0. The van der Waals surface area contributed by atoms with Crippen LogP contribution in [0.15, 0.2) is 78.9 Å². The highest BCUT2D eigenvalue weighted by Gasteiger charge is 2.21. The van der Waals surface area contributed by atoms with Crippen LogP contribution < -0.4 is 0 Å². The van der Waals surface area contributed by atoms with Gasteiger partial charge in [-0.05, 0) is 60.4 Å². The standard InChI is InChI=1S/C31H36O4S/c32-30(33)28-21-13-12-20-27(28)23-36-29(31(34)35)22-26-19-11-10-18-25(26)17-9-4-2-1-3-6-14-24-15-7-5-8-16-24/h5,7-8,10-13,15-16,18-21,29H,1-4,6,9,14,17,22-23H2,(H,32,33)(H,34,35). The molecule has 0 saturated heterocycles. The van der Waals surface area contributed by atoms with Crippen molar-refractivity contribution in [2.24, 2.45) is 0 Å². The Morgan fingerprint density at radius 3 is 1.86 bits per heavy atom. The second-order valence-electron chi connectivity index (χ2n) is 9.18. The van der Waals surface area contributed by atoms with Gasteiger partial charge in [0.25, 0.3) is 0 Å². The van der Waals surface area contributed by atoms with Crippen LogP contribution in [0.5, 0.6) is 0 Å². The Bertz CT molecular complexity index is 1100. The van der Waals surface area contributed by atoms with E-state index >= 15 is 0 Å². The van der Waals surface area contributed by atoms with E-state index in [9.17, 15) is 19.8 Å². The van der Waals surface area contributed by atoms with Crippen LogP contribution in [-0.2, 0) is 29.8 Å². The average molecular weight is 505 g/mol. The molecule has 0 aliphatic heterocycles. The van der Waals surface area contributed by atoms with Gasteiger partial charge in [0, 0.05) is 5.75 Å². The van der Waals surface area contributed by atoms with Crippen LogP contribution in [0.25, 0.3) is 0 Å². The first-order chi connectivity index (χ1) is 17.5. The Labute approximate surface area is 218 Å². The third-order valence-electron chi connectivity index (χ3n) is 6.49. The lowest BCUT2D eigenvalue weighted by Crippen LogP contribution is -2.20. The van der Waals surface area contributed by atoms with Crippen LogP contribution in [0.4, 0.5) is 0 Å². The van der Waals surface area contributed by atoms with Gasteiger partial charge in [-0.25, -0.2) is 4.79 Å². The van der Waals surface area contributed by atoms with Crippen LogP contribution in [0.3, 0.4) is 0 Å². The molecule has 0 aliphatic carbocycles. The second-order valence-corrected chi connectivity index (χ2v) is 10.4. The van der Waals surface area contributed by atoms with Gasteiger partial charge in [0.15, 0.2) is 0 Å². The third-order valence-corrected chi connectivity index (χ3v) is 7.74. The lowest BCUT2D eigenvalue weighted by molar-refractivity contribution is -0.136. The van der Waals surface area contributed by atoms with Crippen molar-refractivity contribution in [3.63, 3.8) is 0 Å². The van der Waals surface area contributed by atoms with Crippen LogP contribution >= 0.6 is 11.8 Å². The summed E-state index contributed by atoms with van der Waals surface area (Å²) in [4.78, 5) is 23.5. The highest BCUT2D eigenvalue weighted by molar-refractivity contribution is 7.99. The summed E-state index contributed by atoms with van der Waals surface area (Å²) in [5.41, 5.74) is 4.59. The van der Waals surface area contributed by atoms with E-state index in [1.165, 1.54) is 55.0 Å². The van der Waals surface area contributed by atoms with E-state index in [1.54, 1.807) is 24.3 Å². The highest BCUT2D eigenvalue weighted by Crippen LogP contribution is 2.26. The van der Waals surface area contributed by atoms with Gasteiger partial charge >= 0.3 is 11.9 Å². The van der Waals surface area contributed by atoms with Gasteiger partial charge in [0.2, 0.25) is 0 Å². The number of aromatic carboxylic acids is 1. The molecule has 36 heavy (non-hydrogen) atoms. The van der Waals surface area contributed by atoms with E-state index in [0.29, 0.717) is 17.7 Å². The number of unbranched alkanes of at least 4 members (excludes halogenated alkanes) is 5. The van der Waals surface area contributed by atoms with Crippen molar-refractivity contribution in [3.05, 3.63) is 107 Å². The van der Waals surface area contributed by atoms with E-state index in [1.807, 2.05) is 18.2 Å². The summed E-state index contributed by atoms with van der Waals surface area (Å²) in [5, 5.41) is 18.6. The van der Waals surface area contributed by atoms with Gasteiger partial charge in [0.1, 0.15) is 5.25 Å². The molecule has 0 saturated carbocycles. The van der Waals surface area contributed by atoms with Crippen molar-refractivity contribution in [1.82, 2.24) is 0 Å². The molecule has 0 fully saturated rings. The molecule has 4 nitrogen and oxygen atoms in total. The molecule has 0 amide bonds. The minimum atomic E-state index is -0.986. The number of aryl methyl sites for hydroxylation is 2. The van der Waals surface area contributed by atoms with Crippen molar-refractivity contribution in [1.29, 1.82) is 0 Å². The predicted octanol–water partition coefficient (Wildman–Crippen LogP) is 7.44. The van der Waals surface area contributed by atoms with Gasteiger partial charge in [0.05, 0.1) is 5.56 Å².